The van der Waals surface area contributed by atoms with E-state index in [-0.39, 0.29) is 29.2 Å². The molecule has 0 aliphatic carbocycles. The number of amides is 1. The third-order valence-corrected chi connectivity index (χ3v) is 2.79. The van der Waals surface area contributed by atoms with Crippen LogP contribution in [0.5, 0.6) is 5.75 Å². The van der Waals surface area contributed by atoms with Gasteiger partial charge in [-0.25, -0.2) is 9.78 Å². The molecular formula is C14H20ClN3O5. The van der Waals surface area contributed by atoms with Crippen LogP contribution in [-0.2, 0) is 4.74 Å². The zero-order chi connectivity index (χ0) is 17.6. The highest BCUT2D eigenvalue weighted by molar-refractivity contribution is 6.29. The first-order chi connectivity index (χ1) is 10.6. The summed E-state index contributed by atoms with van der Waals surface area (Å²) in [4.78, 5) is 25.5. The fraction of sp³-hybridized carbons (Fsp3) is 0.571. The average molecular weight is 346 g/mol. The lowest BCUT2D eigenvalue weighted by atomic mass is 10.2. The standard InChI is InChI=1S/C14H20ClN3O5/c1-9(17-13(19)23-14(2,3)4)5-6-22-11-7-12(15)16-8-10(11)18(20)21/h7-9H,5-6H2,1-4H3,(H,17,19). The Morgan fingerprint density at radius 3 is 2.74 bits per heavy atom. The molecule has 0 fully saturated rings. The summed E-state index contributed by atoms with van der Waals surface area (Å²) in [6, 6.07) is 1.06. The van der Waals surface area contributed by atoms with Gasteiger partial charge < -0.3 is 14.8 Å². The second-order valence-corrected chi connectivity index (χ2v) is 6.30. The molecule has 1 rings (SSSR count). The van der Waals surface area contributed by atoms with Crippen molar-refractivity contribution in [1.82, 2.24) is 10.3 Å². The highest BCUT2D eigenvalue weighted by Gasteiger charge is 2.19. The van der Waals surface area contributed by atoms with Crippen LogP contribution < -0.4 is 10.1 Å². The molecule has 0 spiro atoms. The molecule has 1 heterocycles. The first-order valence-electron chi connectivity index (χ1n) is 7.01. The Morgan fingerprint density at radius 2 is 2.17 bits per heavy atom. The lowest BCUT2D eigenvalue weighted by molar-refractivity contribution is -0.386. The smallest absolute Gasteiger partial charge is 0.407 e. The first kappa shape index (κ1) is 19.0. The van der Waals surface area contributed by atoms with Gasteiger partial charge in [-0.3, -0.25) is 10.1 Å². The molecule has 1 unspecified atom stereocenters. The van der Waals surface area contributed by atoms with Crippen LogP contribution in [0.4, 0.5) is 10.5 Å². The molecule has 0 aliphatic heterocycles. The third kappa shape index (κ3) is 7.14. The molecule has 1 N–H and O–H groups in total. The second kappa shape index (κ2) is 7.96. The summed E-state index contributed by atoms with van der Waals surface area (Å²) in [5.41, 5.74) is -0.837. The Kier molecular flexibility index (Phi) is 6.56. The Labute approximate surface area is 139 Å². The molecule has 1 aromatic heterocycles. The summed E-state index contributed by atoms with van der Waals surface area (Å²) in [6.07, 6.45) is 0.957. The quantitative estimate of drug-likeness (QED) is 0.482. The zero-order valence-electron chi connectivity index (χ0n) is 13.5. The topological polar surface area (TPSA) is 104 Å². The van der Waals surface area contributed by atoms with Gasteiger partial charge in [-0.2, -0.15) is 0 Å². The zero-order valence-corrected chi connectivity index (χ0v) is 14.2. The maximum absolute atomic E-state index is 11.6. The molecule has 0 saturated heterocycles. The van der Waals surface area contributed by atoms with Crippen molar-refractivity contribution in [2.75, 3.05) is 6.61 Å². The van der Waals surface area contributed by atoms with Crippen LogP contribution >= 0.6 is 11.6 Å². The monoisotopic (exact) mass is 345 g/mol. The molecule has 0 bridgehead atoms. The number of nitrogens with zero attached hydrogens (tertiary/aromatic N) is 2. The molecule has 0 saturated carbocycles. The van der Waals surface area contributed by atoms with Gasteiger partial charge in [0.1, 0.15) is 17.0 Å². The molecule has 23 heavy (non-hydrogen) atoms. The van der Waals surface area contributed by atoms with E-state index in [0.29, 0.717) is 6.42 Å². The van der Waals surface area contributed by atoms with Crippen LogP contribution in [0.3, 0.4) is 0 Å². The van der Waals surface area contributed by atoms with Crippen molar-refractivity contribution in [3.8, 4) is 5.75 Å². The molecule has 0 aromatic carbocycles. The Balaban J connectivity index is 2.49. The molecule has 1 amide bonds. The Bertz CT molecular complexity index is 574. The maximum atomic E-state index is 11.6. The molecule has 1 aromatic rings. The van der Waals surface area contributed by atoms with Gasteiger partial charge in [0, 0.05) is 18.5 Å². The van der Waals surface area contributed by atoms with E-state index in [0.717, 1.165) is 6.20 Å². The number of halogens is 1. The van der Waals surface area contributed by atoms with Crippen molar-refractivity contribution in [2.24, 2.45) is 0 Å². The number of carbonyl (C=O) groups is 1. The van der Waals surface area contributed by atoms with Gasteiger partial charge in [0.2, 0.25) is 5.75 Å². The van der Waals surface area contributed by atoms with Crippen molar-refractivity contribution in [2.45, 2.75) is 45.8 Å². The molecule has 0 radical (unpaired) electrons. The van der Waals surface area contributed by atoms with E-state index < -0.39 is 16.6 Å². The van der Waals surface area contributed by atoms with Crippen LogP contribution in [-0.4, -0.2) is 34.3 Å². The summed E-state index contributed by atoms with van der Waals surface area (Å²) in [5.74, 6) is 0.0412. The van der Waals surface area contributed by atoms with Crippen molar-refractivity contribution >= 4 is 23.4 Å². The largest absolute Gasteiger partial charge is 0.487 e. The minimum absolute atomic E-state index is 0.0412. The van der Waals surface area contributed by atoms with Gasteiger partial charge >= 0.3 is 11.8 Å². The summed E-state index contributed by atoms with van der Waals surface area (Å²) in [5, 5.41) is 13.6. The van der Waals surface area contributed by atoms with E-state index in [1.165, 1.54) is 6.07 Å². The number of hydrogen-bond donors (Lipinski definition) is 1. The molecule has 0 aliphatic rings. The fourth-order valence-electron chi connectivity index (χ4n) is 1.59. The minimum Gasteiger partial charge on any atom is -0.487 e. The summed E-state index contributed by atoms with van der Waals surface area (Å²) in [6.45, 7) is 7.26. The summed E-state index contributed by atoms with van der Waals surface area (Å²) in [7, 11) is 0. The summed E-state index contributed by atoms with van der Waals surface area (Å²) >= 11 is 5.71. The second-order valence-electron chi connectivity index (χ2n) is 5.92. The predicted octanol–water partition coefficient (Wildman–Crippen LogP) is 3.33. The highest BCUT2D eigenvalue weighted by Crippen LogP contribution is 2.28. The van der Waals surface area contributed by atoms with Gasteiger partial charge in [-0.15, -0.1) is 0 Å². The molecular weight excluding hydrogens is 326 g/mol. The Hall–Kier alpha value is -2.09. The van der Waals surface area contributed by atoms with Crippen LogP contribution in [0.15, 0.2) is 12.3 Å². The van der Waals surface area contributed by atoms with Crippen LogP contribution in [0.25, 0.3) is 0 Å². The maximum Gasteiger partial charge on any atom is 0.407 e. The van der Waals surface area contributed by atoms with Gasteiger partial charge in [-0.05, 0) is 27.7 Å². The van der Waals surface area contributed by atoms with E-state index in [9.17, 15) is 14.9 Å². The molecule has 128 valence electrons. The number of pyridine rings is 1. The van der Waals surface area contributed by atoms with Crippen molar-refractivity contribution in [1.29, 1.82) is 0 Å². The normalized spacial score (nSPS) is 12.4. The van der Waals surface area contributed by atoms with E-state index >= 15 is 0 Å². The number of ether oxygens (including phenoxy) is 2. The van der Waals surface area contributed by atoms with Crippen molar-refractivity contribution < 1.29 is 19.2 Å². The number of aromatic nitrogens is 1. The van der Waals surface area contributed by atoms with Gasteiger partial charge in [-0.1, -0.05) is 11.6 Å². The van der Waals surface area contributed by atoms with Gasteiger partial charge in [0.05, 0.1) is 11.5 Å². The average Bonchev–Trinajstić information content (AvgIpc) is 2.35. The molecule has 1 atom stereocenters. The van der Waals surface area contributed by atoms with E-state index in [1.54, 1.807) is 27.7 Å². The third-order valence-electron chi connectivity index (χ3n) is 2.58. The van der Waals surface area contributed by atoms with E-state index in [1.807, 2.05) is 0 Å². The molecule has 8 nitrogen and oxygen atoms in total. The number of nitrogens with one attached hydrogen (secondary N) is 1. The number of nitro groups is 1. The van der Waals surface area contributed by atoms with Crippen LogP contribution in [0.1, 0.15) is 34.1 Å². The van der Waals surface area contributed by atoms with Crippen LogP contribution in [0.2, 0.25) is 5.15 Å². The number of hydrogen-bond acceptors (Lipinski definition) is 6. The Morgan fingerprint density at radius 1 is 1.52 bits per heavy atom. The minimum atomic E-state index is -0.596. The van der Waals surface area contributed by atoms with E-state index in [4.69, 9.17) is 21.1 Å². The van der Waals surface area contributed by atoms with Crippen molar-refractivity contribution in [3.63, 3.8) is 0 Å². The summed E-state index contributed by atoms with van der Waals surface area (Å²) < 4.78 is 10.5. The molecule has 9 heteroatoms. The number of carbonyl (C=O) groups excluding carboxylic acids is 1. The van der Waals surface area contributed by atoms with Gasteiger partial charge in [0.15, 0.2) is 0 Å². The van der Waals surface area contributed by atoms with Crippen molar-refractivity contribution in [3.05, 3.63) is 27.5 Å². The highest BCUT2D eigenvalue weighted by atomic mass is 35.5. The first-order valence-corrected chi connectivity index (χ1v) is 7.38. The SMILES string of the molecule is CC(CCOc1cc(Cl)ncc1[N+](=O)[O-])NC(=O)OC(C)(C)C. The number of alkyl carbamates (subject to hydrolysis) is 1. The lowest BCUT2D eigenvalue weighted by Gasteiger charge is -2.22. The fourth-order valence-corrected chi connectivity index (χ4v) is 1.73. The lowest BCUT2D eigenvalue weighted by Crippen LogP contribution is -2.38. The predicted molar refractivity (Wildman–Crippen MR) is 84.8 cm³/mol. The van der Waals surface area contributed by atoms with E-state index in [2.05, 4.69) is 10.3 Å². The van der Waals surface area contributed by atoms with Crippen LogP contribution in [0, 0.1) is 10.1 Å². The van der Waals surface area contributed by atoms with Gasteiger partial charge in [0.25, 0.3) is 0 Å². The number of rotatable bonds is 6.